The maximum atomic E-state index is 11.8. The zero-order chi connectivity index (χ0) is 13.7. The second kappa shape index (κ2) is 7.06. The van der Waals surface area contributed by atoms with E-state index in [4.69, 9.17) is 4.74 Å². The van der Waals surface area contributed by atoms with Gasteiger partial charge in [-0.3, -0.25) is 4.79 Å². The van der Waals surface area contributed by atoms with Crippen LogP contribution in [-0.4, -0.2) is 18.6 Å². The van der Waals surface area contributed by atoms with Crippen molar-refractivity contribution in [3.63, 3.8) is 0 Å². The fourth-order valence-electron chi connectivity index (χ4n) is 2.35. The average molecular weight is 326 g/mol. The van der Waals surface area contributed by atoms with Crippen molar-refractivity contribution in [3.05, 3.63) is 34.3 Å². The molecule has 1 fully saturated rings. The lowest BCUT2D eigenvalue weighted by Gasteiger charge is -2.34. The van der Waals surface area contributed by atoms with Crippen LogP contribution in [0.15, 0.2) is 28.7 Å². The normalized spacial score (nSPS) is 21.8. The number of halogens is 1. The molecule has 0 bridgehead atoms. The lowest BCUT2D eigenvalue weighted by Crippen LogP contribution is -2.35. The van der Waals surface area contributed by atoms with Crippen LogP contribution in [0.25, 0.3) is 0 Å². The van der Waals surface area contributed by atoms with E-state index in [0.717, 1.165) is 29.5 Å². The van der Waals surface area contributed by atoms with E-state index in [1.54, 1.807) is 0 Å². The summed E-state index contributed by atoms with van der Waals surface area (Å²) in [6, 6.07) is 8.00. The van der Waals surface area contributed by atoms with E-state index < -0.39 is 0 Å². The third kappa shape index (κ3) is 4.62. The summed E-state index contributed by atoms with van der Waals surface area (Å²) in [5.41, 5.74) is 1.12. The Kier molecular flexibility index (Phi) is 5.40. The lowest BCUT2D eigenvalue weighted by atomic mass is 9.80. The zero-order valence-electron chi connectivity index (χ0n) is 11.2. The van der Waals surface area contributed by atoms with Crippen LogP contribution >= 0.6 is 15.9 Å². The van der Waals surface area contributed by atoms with Crippen molar-refractivity contribution in [2.45, 2.75) is 38.8 Å². The van der Waals surface area contributed by atoms with Gasteiger partial charge in [0, 0.05) is 24.0 Å². The number of carbonyl (C=O) groups excluding carboxylic acids is 1. The summed E-state index contributed by atoms with van der Waals surface area (Å²) in [5, 5.41) is 2.97. The molecule has 0 radical (unpaired) electrons. The zero-order valence-corrected chi connectivity index (χ0v) is 12.8. The number of nitrogens with one attached hydrogen (secondary N) is 1. The molecule has 19 heavy (non-hydrogen) atoms. The quantitative estimate of drug-likeness (QED) is 0.871. The third-order valence-electron chi connectivity index (χ3n) is 3.47. The van der Waals surface area contributed by atoms with Crippen LogP contribution in [-0.2, 0) is 16.1 Å². The van der Waals surface area contributed by atoms with Crippen molar-refractivity contribution in [1.82, 2.24) is 5.32 Å². The van der Waals surface area contributed by atoms with Gasteiger partial charge in [0.2, 0.25) is 5.91 Å². The predicted octanol–water partition coefficient (Wildman–Crippen LogP) is 3.27. The first-order valence-corrected chi connectivity index (χ1v) is 7.59. The number of rotatable bonds is 6. The van der Waals surface area contributed by atoms with Gasteiger partial charge >= 0.3 is 0 Å². The van der Waals surface area contributed by atoms with Crippen molar-refractivity contribution in [2.75, 3.05) is 6.61 Å². The molecule has 0 aromatic heterocycles. The fourth-order valence-corrected chi connectivity index (χ4v) is 2.61. The molecule has 104 valence electrons. The molecule has 0 unspecified atom stereocenters. The second-order valence-corrected chi connectivity index (χ2v) is 5.94. The van der Waals surface area contributed by atoms with Gasteiger partial charge in [-0.2, -0.15) is 0 Å². The molecule has 1 amide bonds. The first kappa shape index (κ1) is 14.5. The van der Waals surface area contributed by atoms with Crippen molar-refractivity contribution in [1.29, 1.82) is 0 Å². The molecule has 1 aromatic rings. The highest BCUT2D eigenvalue weighted by atomic mass is 79.9. The highest BCUT2D eigenvalue weighted by Gasteiger charge is 2.30. The van der Waals surface area contributed by atoms with Gasteiger partial charge in [0.1, 0.15) is 0 Å². The molecular formula is C15H20BrNO2. The van der Waals surface area contributed by atoms with E-state index in [2.05, 4.69) is 21.2 Å². The summed E-state index contributed by atoms with van der Waals surface area (Å²) in [7, 11) is 0. The summed E-state index contributed by atoms with van der Waals surface area (Å²) >= 11 is 3.39. The minimum atomic E-state index is 0.142. The molecule has 3 nitrogen and oxygen atoms in total. The van der Waals surface area contributed by atoms with E-state index in [0.29, 0.717) is 25.0 Å². The van der Waals surface area contributed by atoms with Crippen LogP contribution in [0.2, 0.25) is 0 Å². The molecule has 0 atom stereocenters. The van der Waals surface area contributed by atoms with Crippen LogP contribution in [0.4, 0.5) is 0 Å². The second-order valence-electron chi connectivity index (χ2n) is 5.02. The number of amides is 1. The van der Waals surface area contributed by atoms with Gasteiger partial charge < -0.3 is 10.1 Å². The Bertz CT molecular complexity index is 413. The number of carbonyl (C=O) groups is 1. The Morgan fingerprint density at radius 2 is 2.05 bits per heavy atom. The molecule has 1 aliphatic rings. The largest absolute Gasteiger partial charge is 0.378 e. The summed E-state index contributed by atoms with van der Waals surface area (Å²) in [4.78, 5) is 11.8. The molecule has 0 heterocycles. The highest BCUT2D eigenvalue weighted by Crippen LogP contribution is 2.32. The summed E-state index contributed by atoms with van der Waals surface area (Å²) in [6.45, 7) is 3.39. The van der Waals surface area contributed by atoms with Gasteiger partial charge in [-0.05, 0) is 43.4 Å². The first-order valence-electron chi connectivity index (χ1n) is 6.80. The van der Waals surface area contributed by atoms with Crippen LogP contribution in [0.5, 0.6) is 0 Å². The van der Waals surface area contributed by atoms with Gasteiger partial charge in [0.25, 0.3) is 0 Å². The average Bonchev–Trinajstić information content (AvgIpc) is 2.36. The summed E-state index contributed by atoms with van der Waals surface area (Å²) < 4.78 is 6.55. The van der Waals surface area contributed by atoms with Crippen molar-refractivity contribution in [3.8, 4) is 0 Å². The van der Waals surface area contributed by atoms with Gasteiger partial charge in [-0.15, -0.1) is 0 Å². The Labute approximate surface area is 122 Å². The van der Waals surface area contributed by atoms with E-state index in [1.807, 2.05) is 31.2 Å². The van der Waals surface area contributed by atoms with Crippen molar-refractivity contribution >= 4 is 21.8 Å². The van der Waals surface area contributed by atoms with Crippen LogP contribution in [0.1, 0.15) is 31.7 Å². The highest BCUT2D eigenvalue weighted by molar-refractivity contribution is 9.10. The fraction of sp³-hybridized carbons (Fsp3) is 0.533. The molecular weight excluding hydrogens is 306 g/mol. The SMILES string of the molecule is CCOC1CC(CC(=O)NCc2ccc(Br)cc2)C1. The standard InChI is InChI=1S/C15H20BrNO2/c1-2-19-14-7-12(8-14)9-15(18)17-10-11-3-5-13(16)6-4-11/h3-6,12,14H,2,7-10H2,1H3,(H,17,18). The van der Waals surface area contributed by atoms with Crippen LogP contribution < -0.4 is 5.32 Å². The molecule has 1 aliphatic carbocycles. The first-order chi connectivity index (χ1) is 9.17. The molecule has 4 heteroatoms. The third-order valence-corrected chi connectivity index (χ3v) is 4.00. The smallest absolute Gasteiger partial charge is 0.220 e. The van der Waals surface area contributed by atoms with Crippen molar-refractivity contribution in [2.24, 2.45) is 5.92 Å². The minimum absolute atomic E-state index is 0.142. The maximum absolute atomic E-state index is 11.8. The lowest BCUT2D eigenvalue weighted by molar-refractivity contribution is -0.124. The Hall–Kier alpha value is -0.870. The number of benzene rings is 1. The van der Waals surface area contributed by atoms with Gasteiger partial charge in [0.05, 0.1) is 6.10 Å². The van der Waals surface area contributed by atoms with Gasteiger partial charge in [-0.1, -0.05) is 28.1 Å². The molecule has 1 aromatic carbocycles. The van der Waals surface area contributed by atoms with Crippen LogP contribution in [0.3, 0.4) is 0 Å². The molecule has 2 rings (SSSR count). The summed E-state index contributed by atoms with van der Waals surface area (Å²) in [5.74, 6) is 0.643. The monoisotopic (exact) mass is 325 g/mol. The van der Waals surface area contributed by atoms with E-state index >= 15 is 0 Å². The number of ether oxygens (including phenoxy) is 1. The Balaban J connectivity index is 1.64. The predicted molar refractivity (Wildman–Crippen MR) is 78.7 cm³/mol. The molecule has 1 saturated carbocycles. The van der Waals surface area contributed by atoms with Gasteiger partial charge in [0.15, 0.2) is 0 Å². The number of hydrogen-bond acceptors (Lipinski definition) is 2. The molecule has 1 N–H and O–H groups in total. The maximum Gasteiger partial charge on any atom is 0.220 e. The van der Waals surface area contributed by atoms with Crippen LogP contribution in [0, 0.1) is 5.92 Å². The topological polar surface area (TPSA) is 38.3 Å². The molecule has 0 aliphatic heterocycles. The molecule has 0 saturated heterocycles. The van der Waals surface area contributed by atoms with E-state index in [-0.39, 0.29) is 5.91 Å². The Morgan fingerprint density at radius 3 is 2.68 bits per heavy atom. The van der Waals surface area contributed by atoms with E-state index in [1.165, 1.54) is 0 Å². The number of hydrogen-bond donors (Lipinski definition) is 1. The van der Waals surface area contributed by atoms with Gasteiger partial charge in [-0.25, -0.2) is 0 Å². The van der Waals surface area contributed by atoms with Crippen molar-refractivity contribution < 1.29 is 9.53 Å². The summed E-state index contributed by atoms with van der Waals surface area (Å²) in [6.07, 6.45) is 3.06. The Morgan fingerprint density at radius 1 is 1.37 bits per heavy atom. The minimum Gasteiger partial charge on any atom is -0.378 e. The molecule has 0 spiro atoms. The van der Waals surface area contributed by atoms with E-state index in [9.17, 15) is 4.79 Å².